The van der Waals surface area contributed by atoms with Crippen molar-refractivity contribution in [1.82, 2.24) is 5.32 Å². The first-order valence-electron chi connectivity index (χ1n) is 6.58. The van der Waals surface area contributed by atoms with E-state index in [0.29, 0.717) is 25.3 Å². The third-order valence-corrected chi connectivity index (χ3v) is 3.69. The van der Waals surface area contributed by atoms with Gasteiger partial charge in [0, 0.05) is 6.54 Å². The minimum atomic E-state index is -1.09. The van der Waals surface area contributed by atoms with Crippen LogP contribution < -0.4 is 5.32 Å². The molecule has 1 fully saturated rings. The van der Waals surface area contributed by atoms with Crippen molar-refractivity contribution in [2.75, 3.05) is 6.54 Å². The predicted octanol–water partition coefficient (Wildman–Crippen LogP) is 2.18. The van der Waals surface area contributed by atoms with Crippen LogP contribution in [0.3, 0.4) is 0 Å². The van der Waals surface area contributed by atoms with Gasteiger partial charge in [0.2, 0.25) is 5.91 Å². The monoisotopic (exact) mass is 241 g/mol. The lowest BCUT2D eigenvalue weighted by atomic mass is 9.98. The van der Waals surface area contributed by atoms with Crippen molar-refractivity contribution < 1.29 is 14.7 Å². The van der Waals surface area contributed by atoms with Gasteiger partial charge in [-0.25, -0.2) is 0 Å². The van der Waals surface area contributed by atoms with Gasteiger partial charge < -0.3 is 10.4 Å². The second kappa shape index (κ2) is 6.03. The molecule has 0 bridgehead atoms. The van der Waals surface area contributed by atoms with Crippen molar-refractivity contribution in [3.8, 4) is 0 Å². The van der Waals surface area contributed by atoms with Crippen LogP contribution in [0.25, 0.3) is 0 Å². The first-order valence-corrected chi connectivity index (χ1v) is 6.58. The van der Waals surface area contributed by atoms with E-state index in [4.69, 9.17) is 5.11 Å². The summed E-state index contributed by atoms with van der Waals surface area (Å²) in [5.74, 6) is -0.792. The molecule has 1 atom stereocenters. The van der Waals surface area contributed by atoms with Gasteiger partial charge in [-0.3, -0.25) is 9.59 Å². The fourth-order valence-corrected chi connectivity index (χ4v) is 2.01. The Morgan fingerprint density at radius 1 is 1.35 bits per heavy atom. The largest absolute Gasteiger partial charge is 0.480 e. The van der Waals surface area contributed by atoms with E-state index in [1.165, 1.54) is 6.42 Å². The molecule has 1 amide bonds. The van der Waals surface area contributed by atoms with Crippen LogP contribution in [-0.4, -0.2) is 23.5 Å². The lowest BCUT2D eigenvalue weighted by Gasteiger charge is -2.17. The number of unbranched alkanes of at least 4 members (excludes halogenated alkanes) is 1. The average molecular weight is 241 g/mol. The van der Waals surface area contributed by atoms with Gasteiger partial charge in [-0.2, -0.15) is 0 Å². The molecule has 17 heavy (non-hydrogen) atoms. The van der Waals surface area contributed by atoms with Gasteiger partial charge in [0.15, 0.2) is 0 Å². The molecule has 1 rings (SSSR count). The smallest absolute Gasteiger partial charge is 0.319 e. The first kappa shape index (κ1) is 14.0. The molecule has 98 valence electrons. The number of rotatable bonds is 8. The van der Waals surface area contributed by atoms with Crippen LogP contribution in [0.2, 0.25) is 0 Å². The Morgan fingerprint density at radius 3 is 2.41 bits per heavy atom. The van der Waals surface area contributed by atoms with E-state index in [9.17, 15) is 9.59 Å². The topological polar surface area (TPSA) is 66.4 Å². The Kier molecular flexibility index (Phi) is 4.97. The molecule has 1 aliphatic carbocycles. The molecule has 2 N–H and O–H groups in total. The van der Waals surface area contributed by atoms with Crippen LogP contribution in [0.1, 0.15) is 52.4 Å². The van der Waals surface area contributed by atoms with E-state index in [1.807, 2.05) is 0 Å². The third-order valence-electron chi connectivity index (χ3n) is 3.69. The molecule has 0 aliphatic heterocycles. The summed E-state index contributed by atoms with van der Waals surface area (Å²) in [6.07, 6.45) is 5.43. The maximum Gasteiger partial charge on any atom is 0.319 e. The van der Waals surface area contributed by atoms with E-state index < -0.39 is 11.4 Å². The van der Waals surface area contributed by atoms with Crippen LogP contribution in [-0.2, 0) is 9.59 Å². The minimum Gasteiger partial charge on any atom is -0.480 e. The number of carbonyl (C=O) groups excluding carboxylic acids is 1. The second-order valence-corrected chi connectivity index (χ2v) is 5.01. The average Bonchev–Trinajstić information content (AvgIpc) is 3.10. The maximum absolute atomic E-state index is 11.8. The summed E-state index contributed by atoms with van der Waals surface area (Å²) in [6, 6.07) is 0. The first-order chi connectivity index (χ1) is 8.06. The third kappa shape index (κ3) is 3.45. The zero-order valence-electron chi connectivity index (χ0n) is 10.8. The second-order valence-electron chi connectivity index (χ2n) is 5.01. The minimum absolute atomic E-state index is 0.292. The van der Waals surface area contributed by atoms with Crippen molar-refractivity contribution in [1.29, 1.82) is 0 Å². The van der Waals surface area contributed by atoms with Crippen molar-refractivity contribution in [2.24, 2.45) is 11.3 Å². The summed E-state index contributed by atoms with van der Waals surface area (Å²) in [5, 5.41) is 11.8. The van der Waals surface area contributed by atoms with Gasteiger partial charge in [-0.15, -0.1) is 0 Å². The van der Waals surface area contributed by atoms with Crippen molar-refractivity contribution in [3.63, 3.8) is 0 Å². The Hall–Kier alpha value is -1.06. The Labute approximate surface area is 103 Å². The number of aliphatic carboxylic acids is 1. The van der Waals surface area contributed by atoms with E-state index >= 15 is 0 Å². The summed E-state index contributed by atoms with van der Waals surface area (Å²) in [4.78, 5) is 22.7. The lowest BCUT2D eigenvalue weighted by molar-refractivity contribution is -0.149. The number of carboxylic acids is 1. The highest BCUT2D eigenvalue weighted by atomic mass is 16.4. The van der Waals surface area contributed by atoms with Gasteiger partial charge in [-0.05, 0) is 25.2 Å². The van der Waals surface area contributed by atoms with Gasteiger partial charge in [0.05, 0.1) is 0 Å². The summed E-state index contributed by atoms with van der Waals surface area (Å²) in [7, 11) is 0. The summed E-state index contributed by atoms with van der Waals surface area (Å²) < 4.78 is 0. The van der Waals surface area contributed by atoms with Crippen LogP contribution in [0, 0.1) is 11.3 Å². The molecule has 0 radical (unpaired) electrons. The van der Waals surface area contributed by atoms with Crippen molar-refractivity contribution in [2.45, 2.75) is 52.4 Å². The standard InChI is InChI=1S/C13H23NO3/c1-3-5-6-10(4-2)9-14-11(15)13(7-8-13)12(16)17/h10H,3-9H2,1-2H3,(H,14,15)(H,16,17). The zero-order valence-corrected chi connectivity index (χ0v) is 10.8. The number of nitrogens with one attached hydrogen (secondary N) is 1. The van der Waals surface area contributed by atoms with Crippen molar-refractivity contribution >= 4 is 11.9 Å². The Morgan fingerprint density at radius 2 is 2.00 bits per heavy atom. The quantitative estimate of drug-likeness (QED) is 0.640. The molecule has 0 spiro atoms. The molecule has 0 saturated heterocycles. The maximum atomic E-state index is 11.8. The number of carbonyl (C=O) groups is 2. The van der Waals surface area contributed by atoms with Gasteiger partial charge in [0.1, 0.15) is 5.41 Å². The molecule has 4 heteroatoms. The van der Waals surface area contributed by atoms with E-state index in [2.05, 4.69) is 19.2 Å². The molecule has 4 nitrogen and oxygen atoms in total. The Bertz CT molecular complexity index is 284. The van der Waals surface area contributed by atoms with Gasteiger partial charge >= 0.3 is 5.97 Å². The molecule has 1 unspecified atom stereocenters. The predicted molar refractivity (Wildman–Crippen MR) is 65.6 cm³/mol. The molecule has 0 aromatic carbocycles. The molecular formula is C13H23NO3. The number of hydrogen-bond donors (Lipinski definition) is 2. The van der Waals surface area contributed by atoms with E-state index in [1.54, 1.807) is 0 Å². The van der Waals surface area contributed by atoms with Crippen LogP contribution in [0.4, 0.5) is 0 Å². The molecule has 0 aromatic rings. The molecular weight excluding hydrogens is 218 g/mol. The highest BCUT2D eigenvalue weighted by Gasteiger charge is 2.56. The normalized spacial score (nSPS) is 18.5. The van der Waals surface area contributed by atoms with Crippen LogP contribution in [0.5, 0.6) is 0 Å². The molecule has 1 saturated carbocycles. The highest BCUT2D eigenvalue weighted by Crippen LogP contribution is 2.46. The number of carboxylic acid groups (broad SMARTS) is 1. The van der Waals surface area contributed by atoms with E-state index in [-0.39, 0.29) is 5.91 Å². The van der Waals surface area contributed by atoms with Crippen LogP contribution in [0.15, 0.2) is 0 Å². The zero-order chi connectivity index (χ0) is 12.9. The van der Waals surface area contributed by atoms with Crippen LogP contribution >= 0.6 is 0 Å². The number of amides is 1. The summed E-state index contributed by atoms with van der Waals surface area (Å²) in [6.45, 7) is 4.87. The van der Waals surface area contributed by atoms with E-state index in [0.717, 1.165) is 19.3 Å². The number of hydrogen-bond acceptors (Lipinski definition) is 2. The van der Waals surface area contributed by atoms with Gasteiger partial charge in [0.25, 0.3) is 0 Å². The fourth-order valence-electron chi connectivity index (χ4n) is 2.01. The Balaban J connectivity index is 2.34. The van der Waals surface area contributed by atoms with Gasteiger partial charge in [-0.1, -0.05) is 33.1 Å². The summed E-state index contributed by atoms with van der Waals surface area (Å²) in [5.41, 5.74) is -1.09. The molecule has 1 aliphatic rings. The summed E-state index contributed by atoms with van der Waals surface area (Å²) >= 11 is 0. The fraction of sp³-hybridized carbons (Fsp3) is 0.846. The molecule has 0 heterocycles. The molecule has 0 aromatic heterocycles. The lowest BCUT2D eigenvalue weighted by Crippen LogP contribution is -2.39. The highest BCUT2D eigenvalue weighted by molar-refractivity contribution is 6.04. The SMILES string of the molecule is CCCCC(CC)CNC(=O)C1(C(=O)O)CC1. The van der Waals surface area contributed by atoms with Crippen molar-refractivity contribution in [3.05, 3.63) is 0 Å².